The smallest absolute Gasteiger partial charge is 0.237 e. The molecule has 4 heteroatoms. The van der Waals surface area contributed by atoms with Crippen LogP contribution >= 0.6 is 0 Å². The van der Waals surface area contributed by atoms with Gasteiger partial charge in [-0.3, -0.25) is 4.79 Å². The van der Waals surface area contributed by atoms with Crippen LogP contribution in [0.4, 0.5) is 0 Å². The third kappa shape index (κ3) is 1.84. The molecule has 2 fully saturated rings. The minimum Gasteiger partial charge on any atom is -0.368 e. The van der Waals surface area contributed by atoms with Crippen LogP contribution in [0.25, 0.3) is 0 Å². The normalized spacial score (nSPS) is 39.2. The number of fused-ring (bicyclic) bond motifs is 2. The number of nitrogens with one attached hydrogen (secondary N) is 1. The maximum atomic E-state index is 11.8. The first-order chi connectivity index (χ1) is 7.44. The van der Waals surface area contributed by atoms with Crippen LogP contribution in [0.15, 0.2) is 0 Å². The zero-order valence-electron chi connectivity index (χ0n) is 10.5. The van der Waals surface area contributed by atoms with Crippen molar-refractivity contribution >= 4 is 5.91 Å². The number of nitrogens with zero attached hydrogens (tertiary/aromatic N) is 1. The quantitative estimate of drug-likeness (QED) is 0.734. The van der Waals surface area contributed by atoms with Gasteiger partial charge in [-0.1, -0.05) is 0 Å². The van der Waals surface area contributed by atoms with E-state index in [9.17, 15) is 4.79 Å². The molecule has 2 rings (SSSR count). The minimum absolute atomic E-state index is 0.175. The van der Waals surface area contributed by atoms with Crippen molar-refractivity contribution in [1.82, 2.24) is 10.2 Å². The number of hydrogen-bond acceptors (Lipinski definition) is 3. The average molecular weight is 225 g/mol. The summed E-state index contributed by atoms with van der Waals surface area (Å²) in [5.74, 6) is -0.175. The largest absolute Gasteiger partial charge is 0.368 e. The van der Waals surface area contributed by atoms with Gasteiger partial charge in [0.25, 0.3) is 0 Å². The number of primary amides is 1. The number of piperidine rings is 1. The second-order valence-electron chi connectivity index (χ2n) is 5.70. The molecule has 16 heavy (non-hydrogen) atoms. The predicted molar refractivity (Wildman–Crippen MR) is 64.0 cm³/mol. The summed E-state index contributed by atoms with van der Waals surface area (Å²) in [6.07, 6.45) is 4.15. The summed E-state index contributed by atoms with van der Waals surface area (Å²) in [6.45, 7) is 4.15. The van der Waals surface area contributed by atoms with Crippen LogP contribution in [0.2, 0.25) is 0 Å². The Morgan fingerprint density at radius 1 is 1.38 bits per heavy atom. The second kappa shape index (κ2) is 4.00. The maximum absolute atomic E-state index is 11.8. The highest BCUT2D eigenvalue weighted by Gasteiger charge is 2.50. The molecule has 2 aliphatic heterocycles. The van der Waals surface area contributed by atoms with Crippen molar-refractivity contribution in [1.29, 1.82) is 0 Å². The molecule has 0 aromatic rings. The van der Waals surface area contributed by atoms with Crippen LogP contribution in [0.3, 0.4) is 0 Å². The van der Waals surface area contributed by atoms with Crippen LogP contribution in [-0.2, 0) is 4.79 Å². The molecule has 2 unspecified atom stereocenters. The molecule has 92 valence electrons. The van der Waals surface area contributed by atoms with Crippen LogP contribution in [0, 0.1) is 0 Å². The summed E-state index contributed by atoms with van der Waals surface area (Å²) in [5, 5.41) is 3.41. The highest BCUT2D eigenvalue weighted by molar-refractivity contribution is 5.85. The second-order valence-corrected chi connectivity index (χ2v) is 5.70. The summed E-state index contributed by atoms with van der Waals surface area (Å²) < 4.78 is 0. The van der Waals surface area contributed by atoms with E-state index in [0.29, 0.717) is 18.1 Å². The van der Waals surface area contributed by atoms with E-state index in [-0.39, 0.29) is 5.91 Å². The van der Waals surface area contributed by atoms with E-state index in [0.717, 1.165) is 12.8 Å². The zero-order valence-corrected chi connectivity index (χ0v) is 10.5. The van der Waals surface area contributed by atoms with Gasteiger partial charge in [-0.25, -0.2) is 0 Å². The third-order valence-electron chi connectivity index (χ3n) is 4.19. The number of amides is 1. The van der Waals surface area contributed by atoms with Gasteiger partial charge in [-0.15, -0.1) is 0 Å². The lowest BCUT2D eigenvalue weighted by Crippen LogP contribution is -2.64. The molecule has 0 aromatic heterocycles. The first-order valence-electron chi connectivity index (χ1n) is 6.24. The first kappa shape index (κ1) is 11.9. The lowest BCUT2D eigenvalue weighted by Gasteiger charge is -2.44. The van der Waals surface area contributed by atoms with Crippen molar-refractivity contribution < 1.29 is 4.79 Å². The fourth-order valence-electron chi connectivity index (χ4n) is 3.41. The molecule has 0 radical (unpaired) electrons. The Balaban J connectivity index is 2.19. The number of nitrogens with two attached hydrogens (primary N) is 1. The fourth-order valence-corrected chi connectivity index (χ4v) is 3.41. The van der Waals surface area contributed by atoms with Crippen molar-refractivity contribution in [2.24, 2.45) is 5.73 Å². The topological polar surface area (TPSA) is 58.4 Å². The lowest BCUT2D eigenvalue weighted by molar-refractivity contribution is -0.127. The predicted octanol–water partition coefficient (Wildman–Crippen LogP) is 0.465. The Morgan fingerprint density at radius 3 is 2.25 bits per heavy atom. The van der Waals surface area contributed by atoms with Gasteiger partial charge in [0.1, 0.15) is 5.54 Å². The fraction of sp³-hybridized carbons (Fsp3) is 0.917. The average Bonchev–Trinajstić information content (AvgIpc) is 2.43. The summed E-state index contributed by atoms with van der Waals surface area (Å²) in [4.78, 5) is 14.2. The summed E-state index contributed by atoms with van der Waals surface area (Å²) in [6, 6.07) is 1.35. The van der Waals surface area contributed by atoms with E-state index >= 15 is 0 Å². The van der Waals surface area contributed by atoms with Gasteiger partial charge in [-0.2, -0.15) is 0 Å². The molecule has 4 nitrogen and oxygen atoms in total. The molecule has 2 heterocycles. The van der Waals surface area contributed by atoms with Gasteiger partial charge in [0.15, 0.2) is 0 Å². The molecule has 0 spiro atoms. The SMILES string of the molecule is CC(C)NC1(C(N)=O)CC2CCC(C1)N2C. The van der Waals surface area contributed by atoms with E-state index in [1.165, 1.54) is 12.8 Å². The molecule has 2 saturated heterocycles. The maximum Gasteiger partial charge on any atom is 0.237 e. The molecule has 2 atom stereocenters. The molecule has 0 saturated carbocycles. The highest BCUT2D eigenvalue weighted by Crippen LogP contribution is 2.39. The summed E-state index contributed by atoms with van der Waals surface area (Å²) in [7, 11) is 2.17. The zero-order chi connectivity index (χ0) is 11.9. The first-order valence-corrected chi connectivity index (χ1v) is 6.24. The Kier molecular flexibility index (Phi) is 2.97. The third-order valence-corrected chi connectivity index (χ3v) is 4.19. The molecular formula is C12H23N3O. The number of hydrogen-bond donors (Lipinski definition) is 2. The number of carbonyl (C=O) groups is 1. The lowest BCUT2D eigenvalue weighted by atomic mass is 9.81. The van der Waals surface area contributed by atoms with Crippen molar-refractivity contribution in [3.63, 3.8) is 0 Å². The molecule has 2 aliphatic rings. The van der Waals surface area contributed by atoms with Gasteiger partial charge < -0.3 is 16.0 Å². The summed E-state index contributed by atoms with van der Waals surface area (Å²) >= 11 is 0. The van der Waals surface area contributed by atoms with Crippen LogP contribution in [-0.4, -0.2) is 41.5 Å². The van der Waals surface area contributed by atoms with Gasteiger partial charge >= 0.3 is 0 Å². The number of rotatable bonds is 3. The summed E-state index contributed by atoms with van der Waals surface area (Å²) in [5.41, 5.74) is 5.16. The Bertz CT molecular complexity index is 276. The minimum atomic E-state index is -0.466. The van der Waals surface area contributed by atoms with Gasteiger partial charge in [-0.05, 0) is 46.6 Å². The van der Waals surface area contributed by atoms with Crippen molar-refractivity contribution in [3.05, 3.63) is 0 Å². The van der Waals surface area contributed by atoms with Crippen LogP contribution in [0.5, 0.6) is 0 Å². The highest BCUT2D eigenvalue weighted by atomic mass is 16.1. The van der Waals surface area contributed by atoms with Crippen molar-refractivity contribution in [2.75, 3.05) is 7.05 Å². The Morgan fingerprint density at radius 2 is 1.88 bits per heavy atom. The molecule has 1 amide bonds. The van der Waals surface area contributed by atoms with E-state index in [1.807, 2.05) is 0 Å². The monoisotopic (exact) mass is 225 g/mol. The van der Waals surface area contributed by atoms with Crippen molar-refractivity contribution in [2.45, 2.75) is 63.2 Å². The van der Waals surface area contributed by atoms with Gasteiger partial charge in [0.05, 0.1) is 0 Å². The molecule has 0 aliphatic carbocycles. The van der Waals surface area contributed by atoms with E-state index in [1.54, 1.807) is 0 Å². The number of carbonyl (C=O) groups excluding carboxylic acids is 1. The van der Waals surface area contributed by atoms with E-state index < -0.39 is 5.54 Å². The molecule has 2 bridgehead atoms. The van der Waals surface area contributed by atoms with E-state index in [2.05, 4.69) is 31.1 Å². The van der Waals surface area contributed by atoms with Gasteiger partial charge in [0.2, 0.25) is 5.91 Å². The molecular weight excluding hydrogens is 202 g/mol. The van der Waals surface area contributed by atoms with E-state index in [4.69, 9.17) is 5.73 Å². The van der Waals surface area contributed by atoms with Crippen LogP contribution < -0.4 is 11.1 Å². The Hall–Kier alpha value is -0.610. The molecule has 0 aromatic carbocycles. The van der Waals surface area contributed by atoms with Gasteiger partial charge in [0, 0.05) is 18.1 Å². The standard InChI is InChI=1S/C12H23N3O/c1-8(2)14-12(11(13)16)6-9-4-5-10(7-12)15(9)3/h8-10,14H,4-7H2,1-3H3,(H2,13,16). The van der Waals surface area contributed by atoms with Crippen molar-refractivity contribution in [3.8, 4) is 0 Å². The van der Waals surface area contributed by atoms with Crippen LogP contribution in [0.1, 0.15) is 39.5 Å². The Labute approximate surface area is 97.6 Å². The molecule has 3 N–H and O–H groups in total.